The maximum Gasteiger partial charge on any atom is 0.347 e. The fraction of sp³-hybridized carbons (Fsp3) is 0.312. The number of nitrogens with zero attached hydrogens (tertiary/aromatic N) is 1. The van der Waals surface area contributed by atoms with E-state index in [1.807, 2.05) is 32.0 Å². The number of carboxylic acids is 1. The van der Waals surface area contributed by atoms with Gasteiger partial charge in [-0.15, -0.1) is 11.3 Å². The van der Waals surface area contributed by atoms with E-state index in [-0.39, 0.29) is 17.3 Å². The Morgan fingerprint density at radius 1 is 1.27 bits per heavy atom. The Bertz CT molecular complexity index is 722. The summed E-state index contributed by atoms with van der Waals surface area (Å²) in [6.07, 6.45) is 0.309. The minimum atomic E-state index is -0.983. The summed E-state index contributed by atoms with van der Waals surface area (Å²) in [5, 5.41) is 12.4. The third-order valence-corrected chi connectivity index (χ3v) is 4.47. The van der Waals surface area contributed by atoms with E-state index in [9.17, 15) is 9.59 Å². The second-order valence-electron chi connectivity index (χ2n) is 5.21. The molecular weight excluding hydrogens is 300 g/mol. The molecule has 0 aliphatic rings. The van der Waals surface area contributed by atoms with Gasteiger partial charge in [-0.1, -0.05) is 23.8 Å². The SMILES string of the molecule is Cc1ccc(C)c(CC(=O)NCc2nc(C)c(C(=O)O)s2)c1. The van der Waals surface area contributed by atoms with Crippen LogP contribution in [0.15, 0.2) is 18.2 Å². The molecule has 0 unspecified atom stereocenters. The van der Waals surface area contributed by atoms with Gasteiger partial charge in [-0.2, -0.15) is 0 Å². The van der Waals surface area contributed by atoms with Crippen molar-refractivity contribution < 1.29 is 14.7 Å². The Morgan fingerprint density at radius 3 is 2.64 bits per heavy atom. The molecule has 2 N–H and O–H groups in total. The van der Waals surface area contributed by atoms with E-state index >= 15 is 0 Å². The van der Waals surface area contributed by atoms with Crippen LogP contribution in [0.1, 0.15) is 37.1 Å². The number of aromatic carboxylic acids is 1. The summed E-state index contributed by atoms with van der Waals surface area (Å²) in [5.41, 5.74) is 3.68. The van der Waals surface area contributed by atoms with Gasteiger partial charge in [-0.25, -0.2) is 9.78 Å². The molecule has 1 aromatic carbocycles. The van der Waals surface area contributed by atoms with Gasteiger partial charge in [-0.3, -0.25) is 4.79 Å². The fourth-order valence-corrected chi connectivity index (χ4v) is 2.97. The zero-order chi connectivity index (χ0) is 16.3. The minimum absolute atomic E-state index is 0.0987. The highest BCUT2D eigenvalue weighted by atomic mass is 32.1. The average Bonchev–Trinajstić information content (AvgIpc) is 2.82. The van der Waals surface area contributed by atoms with Gasteiger partial charge in [0.05, 0.1) is 18.7 Å². The van der Waals surface area contributed by atoms with Crippen molar-refractivity contribution in [3.05, 3.63) is 50.5 Å². The second kappa shape index (κ2) is 6.70. The van der Waals surface area contributed by atoms with Crippen molar-refractivity contribution >= 4 is 23.2 Å². The van der Waals surface area contributed by atoms with Crippen molar-refractivity contribution in [2.24, 2.45) is 0 Å². The van der Waals surface area contributed by atoms with E-state index in [1.165, 1.54) is 0 Å². The maximum absolute atomic E-state index is 12.0. The zero-order valence-electron chi connectivity index (χ0n) is 12.8. The molecule has 5 nitrogen and oxygen atoms in total. The maximum atomic E-state index is 12.0. The predicted octanol–water partition coefficient (Wildman–Crippen LogP) is 2.63. The quantitative estimate of drug-likeness (QED) is 0.888. The topological polar surface area (TPSA) is 79.3 Å². The van der Waals surface area contributed by atoms with Crippen LogP contribution in [0.25, 0.3) is 0 Å². The molecule has 0 atom stereocenters. The van der Waals surface area contributed by atoms with Crippen molar-refractivity contribution in [1.29, 1.82) is 0 Å². The monoisotopic (exact) mass is 318 g/mol. The summed E-state index contributed by atoms with van der Waals surface area (Å²) < 4.78 is 0. The lowest BCUT2D eigenvalue weighted by Crippen LogP contribution is -2.24. The Labute approximate surface area is 133 Å². The van der Waals surface area contributed by atoms with Crippen LogP contribution in [-0.2, 0) is 17.8 Å². The number of rotatable bonds is 5. The van der Waals surface area contributed by atoms with Gasteiger partial charge in [0.25, 0.3) is 0 Å². The fourth-order valence-electron chi connectivity index (χ4n) is 2.13. The molecule has 1 aromatic heterocycles. The van der Waals surface area contributed by atoms with E-state index in [0.29, 0.717) is 17.1 Å². The largest absolute Gasteiger partial charge is 0.477 e. The van der Waals surface area contributed by atoms with Gasteiger partial charge < -0.3 is 10.4 Å². The summed E-state index contributed by atoms with van der Waals surface area (Å²) in [6, 6.07) is 6.02. The van der Waals surface area contributed by atoms with Crippen LogP contribution >= 0.6 is 11.3 Å². The third-order valence-electron chi connectivity index (χ3n) is 3.33. The van der Waals surface area contributed by atoms with Crippen molar-refractivity contribution in [2.45, 2.75) is 33.7 Å². The Kier molecular flexibility index (Phi) is 4.92. The number of hydrogen-bond acceptors (Lipinski definition) is 4. The highest BCUT2D eigenvalue weighted by molar-refractivity contribution is 7.13. The third kappa shape index (κ3) is 3.92. The summed E-state index contributed by atoms with van der Waals surface area (Å²) in [6.45, 7) is 5.88. The van der Waals surface area contributed by atoms with Crippen LogP contribution in [0.2, 0.25) is 0 Å². The van der Waals surface area contributed by atoms with Crippen LogP contribution < -0.4 is 5.32 Å². The molecule has 0 fully saturated rings. The van der Waals surface area contributed by atoms with Gasteiger partial charge in [-0.05, 0) is 31.9 Å². The average molecular weight is 318 g/mol. The van der Waals surface area contributed by atoms with Crippen molar-refractivity contribution in [3.63, 3.8) is 0 Å². The zero-order valence-corrected chi connectivity index (χ0v) is 13.6. The first-order valence-corrected chi connectivity index (χ1v) is 7.71. The Balaban J connectivity index is 1.97. The van der Waals surface area contributed by atoms with Crippen LogP contribution in [-0.4, -0.2) is 22.0 Å². The Hall–Kier alpha value is -2.21. The summed E-state index contributed by atoms with van der Waals surface area (Å²) in [4.78, 5) is 27.4. The van der Waals surface area contributed by atoms with Crippen molar-refractivity contribution in [2.75, 3.05) is 0 Å². The van der Waals surface area contributed by atoms with Gasteiger partial charge in [0.2, 0.25) is 5.91 Å². The number of amides is 1. The smallest absolute Gasteiger partial charge is 0.347 e. The number of thiazole rings is 1. The lowest BCUT2D eigenvalue weighted by atomic mass is 10.0. The number of aromatic nitrogens is 1. The molecule has 22 heavy (non-hydrogen) atoms. The number of aryl methyl sites for hydroxylation is 3. The molecule has 6 heteroatoms. The first kappa shape index (κ1) is 16.2. The number of benzene rings is 1. The van der Waals surface area contributed by atoms with Crippen LogP contribution in [0.4, 0.5) is 0 Å². The molecule has 0 bridgehead atoms. The summed E-state index contributed by atoms with van der Waals surface area (Å²) >= 11 is 1.10. The summed E-state index contributed by atoms with van der Waals surface area (Å²) in [7, 11) is 0. The van der Waals surface area contributed by atoms with E-state index in [4.69, 9.17) is 5.11 Å². The standard InChI is InChI=1S/C16H18N2O3S/c1-9-4-5-10(2)12(6-9)7-13(19)17-8-14-18-11(3)15(22-14)16(20)21/h4-6H,7-8H2,1-3H3,(H,17,19)(H,20,21). The molecule has 0 radical (unpaired) electrons. The molecule has 0 spiro atoms. The van der Waals surface area contributed by atoms with Gasteiger partial charge in [0.15, 0.2) is 0 Å². The molecule has 0 saturated heterocycles. The second-order valence-corrected chi connectivity index (χ2v) is 6.29. The molecular formula is C16H18N2O3S. The summed E-state index contributed by atoms with van der Waals surface area (Å²) in [5.74, 6) is -1.08. The number of hydrogen-bond donors (Lipinski definition) is 2. The number of carboxylic acid groups (broad SMARTS) is 1. The van der Waals surface area contributed by atoms with Gasteiger partial charge >= 0.3 is 5.97 Å². The van der Waals surface area contributed by atoms with Gasteiger partial charge in [0, 0.05) is 0 Å². The number of carbonyl (C=O) groups excluding carboxylic acids is 1. The molecule has 0 aliphatic carbocycles. The molecule has 2 rings (SSSR count). The highest BCUT2D eigenvalue weighted by Crippen LogP contribution is 2.18. The van der Waals surface area contributed by atoms with E-state index < -0.39 is 5.97 Å². The van der Waals surface area contributed by atoms with Crippen LogP contribution in [0, 0.1) is 20.8 Å². The first-order chi connectivity index (χ1) is 10.4. The normalized spacial score (nSPS) is 10.5. The lowest BCUT2D eigenvalue weighted by Gasteiger charge is -2.07. The highest BCUT2D eigenvalue weighted by Gasteiger charge is 2.14. The van der Waals surface area contributed by atoms with Crippen molar-refractivity contribution in [1.82, 2.24) is 10.3 Å². The van der Waals surface area contributed by atoms with E-state index in [1.54, 1.807) is 6.92 Å². The van der Waals surface area contributed by atoms with Crippen molar-refractivity contribution in [3.8, 4) is 0 Å². The molecule has 1 heterocycles. The van der Waals surface area contributed by atoms with E-state index in [0.717, 1.165) is 28.0 Å². The molecule has 0 aliphatic heterocycles. The first-order valence-electron chi connectivity index (χ1n) is 6.89. The molecule has 116 valence electrons. The lowest BCUT2D eigenvalue weighted by molar-refractivity contribution is -0.120. The molecule has 1 amide bonds. The predicted molar refractivity (Wildman–Crippen MR) is 85.3 cm³/mol. The molecule has 2 aromatic rings. The molecule has 0 saturated carbocycles. The van der Waals surface area contributed by atoms with Crippen LogP contribution in [0.3, 0.4) is 0 Å². The number of nitrogens with one attached hydrogen (secondary N) is 1. The Morgan fingerprint density at radius 2 is 2.00 bits per heavy atom. The van der Waals surface area contributed by atoms with Gasteiger partial charge in [0.1, 0.15) is 9.88 Å². The van der Waals surface area contributed by atoms with Crippen LogP contribution in [0.5, 0.6) is 0 Å². The minimum Gasteiger partial charge on any atom is -0.477 e. The van der Waals surface area contributed by atoms with E-state index in [2.05, 4.69) is 10.3 Å². The number of carbonyl (C=O) groups is 2.